The third-order valence-corrected chi connectivity index (χ3v) is 5.16. The number of benzene rings is 2. The summed E-state index contributed by atoms with van der Waals surface area (Å²) >= 11 is 0. The van der Waals surface area contributed by atoms with E-state index in [1.165, 1.54) is 5.56 Å². The van der Waals surface area contributed by atoms with Gasteiger partial charge in [0.15, 0.2) is 11.5 Å². The summed E-state index contributed by atoms with van der Waals surface area (Å²) in [5.41, 5.74) is 3.94. The summed E-state index contributed by atoms with van der Waals surface area (Å²) in [6.45, 7) is 3.27. The molecular weight excluding hydrogens is 404 g/mol. The zero-order valence-corrected chi connectivity index (χ0v) is 18.1. The Bertz CT molecular complexity index is 1200. The highest BCUT2D eigenvalue weighted by atomic mass is 16.5. The third kappa shape index (κ3) is 4.65. The minimum absolute atomic E-state index is 0.00633. The molecule has 0 fully saturated rings. The van der Waals surface area contributed by atoms with E-state index in [0.29, 0.717) is 41.7 Å². The largest absolute Gasteiger partial charge is 0.490 e. The van der Waals surface area contributed by atoms with E-state index in [-0.39, 0.29) is 5.57 Å². The second kappa shape index (κ2) is 9.40. The second-order valence-corrected chi connectivity index (χ2v) is 7.49. The minimum Gasteiger partial charge on any atom is -0.490 e. The molecule has 0 bridgehead atoms. The molecule has 162 valence electrons. The Morgan fingerprint density at radius 3 is 2.66 bits per heavy atom. The van der Waals surface area contributed by atoms with E-state index in [2.05, 4.69) is 17.3 Å². The zero-order chi connectivity index (χ0) is 22.5. The second-order valence-electron chi connectivity index (χ2n) is 7.49. The smallest absolute Gasteiger partial charge is 0.266 e. The Labute approximate surface area is 186 Å². The van der Waals surface area contributed by atoms with E-state index < -0.39 is 5.91 Å². The highest BCUT2D eigenvalue weighted by Gasteiger charge is 2.17. The standard InChI is InChI=1S/C25H24N4O3/c1-3-17-5-8-21(9-6-17)27-25(30)19(15-26)13-20-16-29(2)28-24(20)18-7-10-22-23(14-18)32-12-4-11-31-22/h5-10,13-14,16H,3-4,11-12H2,1-2H3,(H,27,30)/b19-13+. The van der Waals surface area contributed by atoms with E-state index in [4.69, 9.17) is 9.47 Å². The summed E-state index contributed by atoms with van der Waals surface area (Å²) in [5, 5.41) is 17.0. The van der Waals surface area contributed by atoms with E-state index in [1.54, 1.807) is 24.0 Å². The quantitative estimate of drug-likeness (QED) is 0.482. The van der Waals surface area contributed by atoms with E-state index in [0.717, 1.165) is 18.4 Å². The van der Waals surface area contributed by atoms with Crippen LogP contribution in [0.3, 0.4) is 0 Å². The summed E-state index contributed by atoms with van der Waals surface area (Å²) in [5.74, 6) is 0.894. The van der Waals surface area contributed by atoms with E-state index in [1.807, 2.05) is 48.5 Å². The lowest BCUT2D eigenvalue weighted by molar-refractivity contribution is -0.112. The lowest BCUT2D eigenvalue weighted by Crippen LogP contribution is -2.13. The lowest BCUT2D eigenvalue weighted by Gasteiger charge is -2.09. The summed E-state index contributed by atoms with van der Waals surface area (Å²) in [4.78, 5) is 12.7. The van der Waals surface area contributed by atoms with Crippen LogP contribution in [0.25, 0.3) is 17.3 Å². The Morgan fingerprint density at radius 1 is 1.19 bits per heavy atom. The van der Waals surface area contributed by atoms with Crippen molar-refractivity contribution in [2.75, 3.05) is 18.5 Å². The maximum absolute atomic E-state index is 12.7. The average Bonchev–Trinajstić information content (AvgIpc) is 3.02. The molecule has 0 atom stereocenters. The minimum atomic E-state index is -0.467. The molecule has 0 saturated heterocycles. The molecule has 0 spiro atoms. The molecule has 1 aliphatic rings. The number of ether oxygens (including phenoxy) is 2. The summed E-state index contributed by atoms with van der Waals surface area (Å²) in [7, 11) is 1.80. The van der Waals surface area contributed by atoms with Crippen molar-refractivity contribution in [1.82, 2.24) is 9.78 Å². The van der Waals surface area contributed by atoms with Crippen LogP contribution < -0.4 is 14.8 Å². The molecular formula is C25H24N4O3. The number of nitrogens with zero attached hydrogens (tertiary/aromatic N) is 3. The number of amides is 1. The number of nitriles is 1. The number of hydrogen-bond donors (Lipinski definition) is 1. The first-order valence-corrected chi connectivity index (χ1v) is 10.5. The maximum Gasteiger partial charge on any atom is 0.266 e. The average molecular weight is 428 g/mol. The van der Waals surface area contributed by atoms with Crippen LogP contribution in [-0.4, -0.2) is 28.9 Å². The SMILES string of the molecule is CCc1ccc(NC(=O)/C(C#N)=C/c2cn(C)nc2-c2ccc3c(c2)OCCCO3)cc1. The molecule has 7 heteroatoms. The predicted molar refractivity (Wildman–Crippen MR) is 122 cm³/mol. The fourth-order valence-electron chi connectivity index (χ4n) is 3.47. The first kappa shape index (κ1) is 21.2. The van der Waals surface area contributed by atoms with Crippen molar-refractivity contribution >= 4 is 17.7 Å². The number of carbonyl (C=O) groups excluding carboxylic acids is 1. The van der Waals surface area contributed by atoms with Gasteiger partial charge in [-0.15, -0.1) is 0 Å². The molecule has 1 aliphatic heterocycles. The van der Waals surface area contributed by atoms with Gasteiger partial charge in [-0.25, -0.2) is 0 Å². The van der Waals surface area contributed by atoms with Crippen LogP contribution >= 0.6 is 0 Å². The van der Waals surface area contributed by atoms with Crippen molar-refractivity contribution in [3.05, 3.63) is 65.4 Å². The number of anilines is 1. The van der Waals surface area contributed by atoms with Crippen LogP contribution in [0.1, 0.15) is 24.5 Å². The molecule has 0 aliphatic carbocycles. The van der Waals surface area contributed by atoms with Gasteiger partial charge in [-0.05, 0) is 48.4 Å². The number of aromatic nitrogens is 2. The van der Waals surface area contributed by atoms with Crippen LogP contribution in [-0.2, 0) is 18.3 Å². The summed E-state index contributed by atoms with van der Waals surface area (Å²) in [6.07, 6.45) is 5.07. The lowest BCUT2D eigenvalue weighted by atomic mass is 10.0. The van der Waals surface area contributed by atoms with Gasteiger partial charge in [0.1, 0.15) is 11.6 Å². The predicted octanol–water partition coefficient (Wildman–Crippen LogP) is 4.36. The van der Waals surface area contributed by atoms with Crippen LogP contribution in [0.2, 0.25) is 0 Å². The van der Waals surface area contributed by atoms with Crippen molar-refractivity contribution in [1.29, 1.82) is 5.26 Å². The Kier molecular flexibility index (Phi) is 6.22. The van der Waals surface area contributed by atoms with Crippen molar-refractivity contribution in [3.63, 3.8) is 0 Å². The molecule has 2 heterocycles. The molecule has 3 aromatic rings. The molecule has 4 rings (SSSR count). The number of rotatable bonds is 5. The van der Waals surface area contributed by atoms with Crippen molar-refractivity contribution in [3.8, 4) is 28.8 Å². The van der Waals surface area contributed by atoms with Crippen LogP contribution in [0.15, 0.2) is 54.2 Å². The Balaban J connectivity index is 1.62. The molecule has 32 heavy (non-hydrogen) atoms. The zero-order valence-electron chi connectivity index (χ0n) is 18.1. The first-order valence-electron chi connectivity index (χ1n) is 10.5. The molecule has 1 aromatic heterocycles. The van der Waals surface area contributed by atoms with Gasteiger partial charge in [0.05, 0.1) is 18.9 Å². The molecule has 2 aromatic carbocycles. The normalized spacial score (nSPS) is 13.2. The van der Waals surface area contributed by atoms with E-state index in [9.17, 15) is 10.1 Å². The van der Waals surface area contributed by atoms with Gasteiger partial charge in [0.2, 0.25) is 0 Å². The molecule has 7 nitrogen and oxygen atoms in total. The van der Waals surface area contributed by atoms with Gasteiger partial charge in [0, 0.05) is 36.5 Å². The fourth-order valence-corrected chi connectivity index (χ4v) is 3.47. The Hall–Kier alpha value is -4.05. The van der Waals surface area contributed by atoms with Crippen molar-refractivity contribution in [2.45, 2.75) is 19.8 Å². The highest BCUT2D eigenvalue weighted by molar-refractivity contribution is 6.10. The molecule has 0 saturated carbocycles. The highest BCUT2D eigenvalue weighted by Crippen LogP contribution is 2.35. The van der Waals surface area contributed by atoms with Gasteiger partial charge in [-0.1, -0.05) is 19.1 Å². The van der Waals surface area contributed by atoms with Crippen LogP contribution in [0.5, 0.6) is 11.5 Å². The van der Waals surface area contributed by atoms with E-state index >= 15 is 0 Å². The number of carbonyl (C=O) groups is 1. The topological polar surface area (TPSA) is 89.2 Å². The van der Waals surface area contributed by atoms with Crippen molar-refractivity contribution in [2.24, 2.45) is 7.05 Å². The van der Waals surface area contributed by atoms with Gasteiger partial charge in [-0.2, -0.15) is 10.4 Å². The fraction of sp³-hybridized carbons (Fsp3) is 0.240. The van der Waals surface area contributed by atoms with Crippen LogP contribution in [0, 0.1) is 11.3 Å². The molecule has 0 radical (unpaired) electrons. The summed E-state index contributed by atoms with van der Waals surface area (Å²) in [6, 6.07) is 15.2. The van der Waals surface area contributed by atoms with Gasteiger partial charge in [-0.3, -0.25) is 9.48 Å². The monoisotopic (exact) mass is 428 g/mol. The first-order chi connectivity index (χ1) is 15.6. The van der Waals surface area contributed by atoms with Gasteiger partial charge in [0.25, 0.3) is 5.91 Å². The van der Waals surface area contributed by atoms with Crippen LogP contribution in [0.4, 0.5) is 5.69 Å². The van der Waals surface area contributed by atoms with Crippen molar-refractivity contribution < 1.29 is 14.3 Å². The summed E-state index contributed by atoms with van der Waals surface area (Å²) < 4.78 is 13.1. The molecule has 1 N–H and O–H groups in total. The third-order valence-electron chi connectivity index (χ3n) is 5.16. The van der Waals surface area contributed by atoms with Gasteiger partial charge >= 0.3 is 0 Å². The number of fused-ring (bicyclic) bond motifs is 1. The number of aryl methyl sites for hydroxylation is 2. The maximum atomic E-state index is 12.7. The number of nitrogens with one attached hydrogen (secondary N) is 1. The molecule has 1 amide bonds. The molecule has 0 unspecified atom stereocenters. The Morgan fingerprint density at radius 2 is 1.94 bits per heavy atom. The van der Waals surface area contributed by atoms with Gasteiger partial charge < -0.3 is 14.8 Å². The number of hydrogen-bond acceptors (Lipinski definition) is 5.